The summed E-state index contributed by atoms with van der Waals surface area (Å²) in [7, 11) is 0. The highest BCUT2D eigenvalue weighted by molar-refractivity contribution is 6.13. The number of rotatable bonds is 4. The number of benzene rings is 8. The Kier molecular flexibility index (Phi) is 6.18. The topological polar surface area (TPSA) is 30.7 Å². The average Bonchev–Trinajstić information content (AvgIpc) is 3.49. The maximum absolute atomic E-state index is 5.39. The Morgan fingerprint density at radius 3 is 1.73 bits per heavy atom. The SMILES string of the molecule is c1ccc(-c2ccc(-c3nc(-n4c5ccccc5c5cc6ccccc6cc54)nc4cc(-c5ccc6ccccc6c5)ccc34)cc2)cc1. The van der Waals surface area contributed by atoms with Crippen LogP contribution in [0.15, 0.2) is 176 Å². The summed E-state index contributed by atoms with van der Waals surface area (Å²) < 4.78 is 2.24. The second-order valence-corrected chi connectivity index (χ2v) is 12.7. The first-order valence-electron chi connectivity index (χ1n) is 16.7. The Hall–Kier alpha value is -6.58. The molecule has 10 aromatic rings. The molecule has 0 saturated carbocycles. The predicted octanol–water partition coefficient (Wildman–Crippen LogP) is 12.0. The summed E-state index contributed by atoms with van der Waals surface area (Å²) in [5.74, 6) is 0.659. The standard InChI is InChI=1S/C46H29N3/c1-2-10-30(11-3-1)32-18-21-33(22-19-32)45-40-25-24-38(37-23-20-31-12-4-5-13-34(31)26-37)28-42(40)47-46(48-45)49-43-17-9-8-16-39(43)41-27-35-14-6-7-15-36(35)29-44(41)49/h1-29H. The Balaban J connectivity index is 1.23. The molecule has 0 N–H and O–H groups in total. The van der Waals surface area contributed by atoms with Crippen molar-refractivity contribution in [1.29, 1.82) is 0 Å². The number of hydrogen-bond acceptors (Lipinski definition) is 2. The van der Waals surface area contributed by atoms with Gasteiger partial charge in [-0.15, -0.1) is 0 Å². The fourth-order valence-corrected chi connectivity index (χ4v) is 7.31. The third kappa shape index (κ3) is 4.59. The lowest BCUT2D eigenvalue weighted by molar-refractivity contribution is 1.01. The predicted molar refractivity (Wildman–Crippen MR) is 205 cm³/mol. The van der Waals surface area contributed by atoms with Gasteiger partial charge in [-0.05, 0) is 80.2 Å². The molecule has 0 atom stereocenters. The van der Waals surface area contributed by atoms with Crippen molar-refractivity contribution in [3.8, 4) is 39.5 Å². The van der Waals surface area contributed by atoms with E-state index in [1.807, 2.05) is 0 Å². The molecule has 0 aliphatic heterocycles. The molecule has 0 radical (unpaired) electrons. The molecular weight excluding hydrogens is 595 g/mol. The number of para-hydroxylation sites is 1. The van der Waals surface area contributed by atoms with Crippen molar-refractivity contribution >= 4 is 54.3 Å². The Labute approximate surface area is 283 Å². The van der Waals surface area contributed by atoms with Crippen LogP contribution in [-0.2, 0) is 0 Å². The minimum absolute atomic E-state index is 0.659. The van der Waals surface area contributed by atoms with Crippen molar-refractivity contribution in [2.24, 2.45) is 0 Å². The van der Waals surface area contributed by atoms with Gasteiger partial charge in [0.2, 0.25) is 5.95 Å². The number of fused-ring (bicyclic) bond motifs is 6. The van der Waals surface area contributed by atoms with E-state index in [1.165, 1.54) is 43.4 Å². The van der Waals surface area contributed by atoms with Crippen molar-refractivity contribution in [2.45, 2.75) is 0 Å². The Morgan fingerprint density at radius 1 is 0.327 bits per heavy atom. The maximum Gasteiger partial charge on any atom is 0.235 e. The molecule has 0 saturated heterocycles. The van der Waals surface area contributed by atoms with Crippen LogP contribution < -0.4 is 0 Å². The summed E-state index contributed by atoms with van der Waals surface area (Å²) in [5.41, 5.74) is 9.72. The number of hydrogen-bond donors (Lipinski definition) is 0. The molecule has 228 valence electrons. The molecule has 0 unspecified atom stereocenters. The highest BCUT2D eigenvalue weighted by Gasteiger charge is 2.18. The minimum atomic E-state index is 0.659. The molecule has 0 fully saturated rings. The second-order valence-electron chi connectivity index (χ2n) is 12.7. The van der Waals surface area contributed by atoms with Crippen LogP contribution in [0.2, 0.25) is 0 Å². The molecule has 49 heavy (non-hydrogen) atoms. The fraction of sp³-hybridized carbons (Fsp3) is 0. The first-order chi connectivity index (χ1) is 24.3. The average molecular weight is 624 g/mol. The van der Waals surface area contributed by atoms with E-state index in [0.717, 1.165) is 44.3 Å². The van der Waals surface area contributed by atoms with E-state index in [1.54, 1.807) is 0 Å². The van der Waals surface area contributed by atoms with Crippen LogP contribution in [0.3, 0.4) is 0 Å². The van der Waals surface area contributed by atoms with Gasteiger partial charge >= 0.3 is 0 Å². The zero-order chi connectivity index (χ0) is 32.3. The molecular formula is C46H29N3. The van der Waals surface area contributed by atoms with Gasteiger partial charge < -0.3 is 0 Å². The number of aromatic nitrogens is 3. The normalized spacial score (nSPS) is 11.7. The van der Waals surface area contributed by atoms with E-state index in [-0.39, 0.29) is 0 Å². The van der Waals surface area contributed by atoms with Gasteiger partial charge in [0.15, 0.2) is 0 Å². The van der Waals surface area contributed by atoms with Crippen LogP contribution >= 0.6 is 0 Å². The third-order valence-corrected chi connectivity index (χ3v) is 9.77. The molecule has 0 aliphatic rings. The highest BCUT2D eigenvalue weighted by Crippen LogP contribution is 2.37. The molecule has 2 heterocycles. The zero-order valence-electron chi connectivity index (χ0n) is 26.6. The summed E-state index contributed by atoms with van der Waals surface area (Å²) in [6.07, 6.45) is 0. The molecule has 0 spiro atoms. The van der Waals surface area contributed by atoms with Gasteiger partial charge in [0, 0.05) is 21.7 Å². The lowest BCUT2D eigenvalue weighted by atomic mass is 9.98. The summed E-state index contributed by atoms with van der Waals surface area (Å²) in [6, 6.07) is 62.7. The lowest BCUT2D eigenvalue weighted by Crippen LogP contribution is -2.03. The van der Waals surface area contributed by atoms with Gasteiger partial charge in [0.1, 0.15) is 0 Å². The zero-order valence-corrected chi connectivity index (χ0v) is 26.6. The van der Waals surface area contributed by atoms with Crippen LogP contribution in [0.25, 0.3) is 93.7 Å². The van der Waals surface area contributed by atoms with E-state index in [0.29, 0.717) is 5.95 Å². The van der Waals surface area contributed by atoms with E-state index in [2.05, 4.69) is 180 Å². The molecule has 0 bridgehead atoms. The summed E-state index contributed by atoms with van der Waals surface area (Å²) >= 11 is 0. The summed E-state index contributed by atoms with van der Waals surface area (Å²) in [5, 5.41) is 8.26. The molecule has 0 amide bonds. The van der Waals surface area contributed by atoms with Crippen LogP contribution in [-0.4, -0.2) is 14.5 Å². The van der Waals surface area contributed by atoms with Crippen LogP contribution in [0.4, 0.5) is 0 Å². The van der Waals surface area contributed by atoms with E-state index in [9.17, 15) is 0 Å². The Bertz CT molecular complexity index is 2870. The lowest BCUT2D eigenvalue weighted by Gasteiger charge is -2.14. The third-order valence-electron chi connectivity index (χ3n) is 9.77. The van der Waals surface area contributed by atoms with Gasteiger partial charge in [-0.3, -0.25) is 4.57 Å². The van der Waals surface area contributed by atoms with Gasteiger partial charge in [-0.2, -0.15) is 0 Å². The van der Waals surface area contributed by atoms with Gasteiger partial charge in [0.05, 0.1) is 22.2 Å². The van der Waals surface area contributed by atoms with Crippen molar-refractivity contribution < 1.29 is 0 Å². The summed E-state index contributed by atoms with van der Waals surface area (Å²) in [4.78, 5) is 10.7. The Morgan fingerprint density at radius 2 is 0.918 bits per heavy atom. The quantitative estimate of drug-likeness (QED) is 0.195. The van der Waals surface area contributed by atoms with Crippen molar-refractivity contribution in [3.05, 3.63) is 176 Å². The van der Waals surface area contributed by atoms with E-state index < -0.39 is 0 Å². The first-order valence-corrected chi connectivity index (χ1v) is 16.7. The molecule has 10 rings (SSSR count). The molecule has 8 aromatic carbocycles. The smallest absolute Gasteiger partial charge is 0.235 e. The monoisotopic (exact) mass is 623 g/mol. The fourth-order valence-electron chi connectivity index (χ4n) is 7.31. The first kappa shape index (κ1) is 27.5. The second kappa shape index (κ2) is 11.0. The summed E-state index contributed by atoms with van der Waals surface area (Å²) in [6.45, 7) is 0. The molecule has 3 nitrogen and oxygen atoms in total. The van der Waals surface area contributed by atoms with Crippen molar-refractivity contribution in [2.75, 3.05) is 0 Å². The van der Waals surface area contributed by atoms with Crippen molar-refractivity contribution in [3.63, 3.8) is 0 Å². The maximum atomic E-state index is 5.39. The highest BCUT2D eigenvalue weighted by atomic mass is 15.2. The number of nitrogens with zero attached hydrogens (tertiary/aromatic N) is 3. The van der Waals surface area contributed by atoms with Gasteiger partial charge in [-0.1, -0.05) is 140 Å². The molecule has 2 aromatic heterocycles. The minimum Gasteiger partial charge on any atom is -0.278 e. The molecule has 0 aliphatic carbocycles. The van der Waals surface area contributed by atoms with Gasteiger partial charge in [0.25, 0.3) is 0 Å². The van der Waals surface area contributed by atoms with Crippen LogP contribution in [0, 0.1) is 0 Å². The van der Waals surface area contributed by atoms with E-state index >= 15 is 0 Å². The van der Waals surface area contributed by atoms with Crippen molar-refractivity contribution in [1.82, 2.24) is 14.5 Å². The largest absolute Gasteiger partial charge is 0.278 e. The van der Waals surface area contributed by atoms with Crippen LogP contribution in [0.1, 0.15) is 0 Å². The van der Waals surface area contributed by atoms with E-state index in [4.69, 9.17) is 9.97 Å². The molecule has 3 heteroatoms. The van der Waals surface area contributed by atoms with Crippen LogP contribution in [0.5, 0.6) is 0 Å². The van der Waals surface area contributed by atoms with Gasteiger partial charge in [-0.25, -0.2) is 9.97 Å².